The van der Waals surface area contributed by atoms with Gasteiger partial charge in [-0.05, 0) is 58.7 Å². The number of hydrogen-bond donors (Lipinski definition) is 0. The van der Waals surface area contributed by atoms with Gasteiger partial charge in [0, 0.05) is 35.5 Å². The van der Waals surface area contributed by atoms with Gasteiger partial charge in [-0.25, -0.2) is 4.98 Å². The van der Waals surface area contributed by atoms with Crippen LogP contribution < -0.4 is 4.74 Å². The van der Waals surface area contributed by atoms with Crippen LogP contribution in [0.2, 0.25) is 0 Å². The molecule has 8 heteroatoms. The monoisotopic (exact) mass is 798 g/mol. The first kappa shape index (κ1) is 31.9. The van der Waals surface area contributed by atoms with Crippen LogP contribution in [0, 0.1) is 29.3 Å². The van der Waals surface area contributed by atoms with Crippen molar-refractivity contribution in [2.75, 3.05) is 0 Å². The molecule has 0 radical (unpaired) electrons. The number of hydrogen-bond acceptors (Lipinski definition) is 4. The van der Waals surface area contributed by atoms with E-state index in [1.54, 1.807) is 30.6 Å². The number of nitriles is 1. The number of fused-ring (bicyclic) bond motifs is 3. The average Bonchev–Trinajstić information content (AvgIpc) is 3.68. The molecule has 7 aromatic rings. The number of pyridine rings is 1. The number of aromatic nitrogens is 4. The molecule has 0 saturated heterocycles. The molecule has 3 heterocycles. The molecular weight excluding hydrogens is 769 g/mol. The van der Waals surface area contributed by atoms with E-state index in [1.807, 2.05) is 47.2 Å². The molecule has 7 rings (SSSR count). The molecule has 0 amide bonds. The fraction of sp³-hybridized carbons (Fsp3) is 0.154. The maximum atomic E-state index is 15.3. The summed E-state index contributed by atoms with van der Waals surface area (Å²) in [5.74, 6) is 1.62. The minimum Gasteiger partial charge on any atom is -0.500 e. The molecule has 3 aromatic heterocycles. The van der Waals surface area contributed by atoms with E-state index >= 15 is 4.39 Å². The second kappa shape index (κ2) is 13.0. The Morgan fingerprint density at radius 3 is 2.32 bits per heavy atom. The predicted molar refractivity (Wildman–Crippen MR) is 178 cm³/mol. The van der Waals surface area contributed by atoms with Crippen molar-refractivity contribution < 1.29 is 30.2 Å². The normalized spacial score (nSPS) is 11.3. The summed E-state index contributed by atoms with van der Waals surface area (Å²) in [5, 5.41) is 11.3. The van der Waals surface area contributed by atoms with Gasteiger partial charge in [-0.3, -0.25) is 9.37 Å². The molecule has 0 spiro atoms. The van der Waals surface area contributed by atoms with Gasteiger partial charge >= 0.3 is 21.1 Å². The zero-order valence-corrected chi connectivity index (χ0v) is 28.5. The van der Waals surface area contributed by atoms with Crippen molar-refractivity contribution >= 4 is 21.8 Å². The SMILES string of the molecule is CC(C)c1cccc(C(C)C)c1-n1ccnc1-c1[c-]c(Oc2[c-]c3c(cc2)c2cc(C#N)ccc2n3-c2ccccn2)c(F)cc1.[Pt+2]. The van der Waals surface area contributed by atoms with Crippen molar-refractivity contribution in [1.29, 1.82) is 5.26 Å². The zero-order valence-electron chi connectivity index (χ0n) is 26.2. The number of rotatable bonds is 7. The van der Waals surface area contributed by atoms with Crippen molar-refractivity contribution in [1.82, 2.24) is 19.1 Å². The molecule has 47 heavy (non-hydrogen) atoms. The van der Waals surface area contributed by atoms with E-state index in [0.717, 1.165) is 22.0 Å². The molecule has 0 aliphatic carbocycles. The van der Waals surface area contributed by atoms with E-state index in [-0.39, 0.29) is 26.8 Å². The summed E-state index contributed by atoms with van der Waals surface area (Å²) >= 11 is 0. The first-order valence-corrected chi connectivity index (χ1v) is 15.2. The number of para-hydroxylation sites is 1. The maximum Gasteiger partial charge on any atom is 2.00 e. The first-order chi connectivity index (χ1) is 22.3. The van der Waals surface area contributed by atoms with E-state index in [9.17, 15) is 5.26 Å². The van der Waals surface area contributed by atoms with Gasteiger partial charge in [0.1, 0.15) is 5.82 Å². The third-order valence-corrected chi connectivity index (χ3v) is 8.20. The molecule has 0 fully saturated rings. The second-order valence-corrected chi connectivity index (χ2v) is 11.8. The number of nitrogens with zero attached hydrogens (tertiary/aromatic N) is 5. The van der Waals surface area contributed by atoms with Crippen LogP contribution in [-0.4, -0.2) is 19.1 Å². The zero-order chi connectivity index (χ0) is 31.9. The Hall–Kier alpha value is -5.05. The molecule has 0 bridgehead atoms. The third kappa shape index (κ3) is 5.75. The Kier molecular flexibility index (Phi) is 8.81. The van der Waals surface area contributed by atoms with Crippen LogP contribution >= 0.6 is 0 Å². The van der Waals surface area contributed by atoms with Crippen LogP contribution in [0.1, 0.15) is 56.2 Å². The Morgan fingerprint density at radius 2 is 1.62 bits per heavy atom. The molecule has 6 nitrogen and oxygen atoms in total. The molecule has 0 aliphatic rings. The standard InChI is InChI=1S/C39H30FN5O.Pt/c1-24(2)29-8-7-9-30(25(3)4)38(29)44-19-18-43-39(44)27-12-15-33(40)36(21-27)46-28-13-14-31-32-20-26(23-41)11-16-34(32)45(35(31)22-28)37-10-5-6-17-42-37;/h5-20,24-25H,1-4H3;/q-2;+2. The van der Waals surface area contributed by atoms with E-state index in [4.69, 9.17) is 4.74 Å². The Labute approximate surface area is 287 Å². The minimum absolute atomic E-state index is 0. The molecule has 4 aromatic carbocycles. The van der Waals surface area contributed by atoms with E-state index < -0.39 is 5.82 Å². The summed E-state index contributed by atoms with van der Waals surface area (Å²) in [7, 11) is 0. The van der Waals surface area contributed by atoms with Gasteiger partial charge < -0.3 is 13.9 Å². The molecule has 0 aliphatic heterocycles. The summed E-state index contributed by atoms with van der Waals surface area (Å²) in [6.45, 7) is 8.72. The topological polar surface area (TPSA) is 68.7 Å². The molecular formula is C39H30FN5OPt. The van der Waals surface area contributed by atoms with Gasteiger partial charge in [0.25, 0.3) is 0 Å². The van der Waals surface area contributed by atoms with Crippen LogP contribution in [0.5, 0.6) is 11.5 Å². The third-order valence-electron chi connectivity index (χ3n) is 8.20. The molecule has 0 N–H and O–H groups in total. The summed E-state index contributed by atoms with van der Waals surface area (Å²) < 4.78 is 25.5. The maximum absolute atomic E-state index is 15.3. The summed E-state index contributed by atoms with van der Waals surface area (Å²) in [6.07, 6.45) is 5.42. The average molecular weight is 799 g/mol. The van der Waals surface area contributed by atoms with Crippen LogP contribution in [0.4, 0.5) is 4.39 Å². The minimum atomic E-state index is -0.551. The summed E-state index contributed by atoms with van der Waals surface area (Å²) in [4.78, 5) is 9.24. The number of benzene rings is 4. The van der Waals surface area contributed by atoms with Crippen LogP contribution in [0.25, 0.3) is 44.7 Å². The van der Waals surface area contributed by atoms with Gasteiger partial charge in [0.15, 0.2) is 0 Å². The van der Waals surface area contributed by atoms with Gasteiger partial charge in [0.05, 0.1) is 29.0 Å². The first-order valence-electron chi connectivity index (χ1n) is 15.2. The summed E-state index contributed by atoms with van der Waals surface area (Å²) in [6, 6.07) is 33.0. The second-order valence-electron chi connectivity index (χ2n) is 11.8. The van der Waals surface area contributed by atoms with Gasteiger partial charge in [-0.15, -0.1) is 35.2 Å². The molecule has 234 valence electrons. The fourth-order valence-corrected chi connectivity index (χ4v) is 6.02. The number of ether oxygens (including phenoxy) is 1. The Morgan fingerprint density at radius 1 is 0.830 bits per heavy atom. The molecule has 0 atom stereocenters. The largest absolute Gasteiger partial charge is 2.00 e. The van der Waals surface area contributed by atoms with E-state index in [0.29, 0.717) is 45.9 Å². The quantitative estimate of drug-likeness (QED) is 0.151. The number of imidazole rings is 1. The molecule has 0 unspecified atom stereocenters. The van der Waals surface area contributed by atoms with Gasteiger partial charge in [0.2, 0.25) is 0 Å². The van der Waals surface area contributed by atoms with Crippen LogP contribution in [0.15, 0.2) is 97.5 Å². The van der Waals surface area contributed by atoms with E-state index in [1.165, 1.54) is 17.2 Å². The van der Waals surface area contributed by atoms with Crippen molar-refractivity contribution in [2.24, 2.45) is 0 Å². The number of halogens is 1. The van der Waals surface area contributed by atoms with Gasteiger partial charge in [-0.1, -0.05) is 63.5 Å². The summed E-state index contributed by atoms with van der Waals surface area (Å²) in [5.41, 5.74) is 6.21. The van der Waals surface area contributed by atoms with Crippen LogP contribution in [-0.2, 0) is 21.1 Å². The van der Waals surface area contributed by atoms with E-state index in [2.05, 4.69) is 78.6 Å². The fourth-order valence-electron chi connectivity index (χ4n) is 6.02. The smallest absolute Gasteiger partial charge is 0.500 e. The Bertz CT molecular complexity index is 2260. The van der Waals surface area contributed by atoms with Crippen molar-refractivity contribution in [2.45, 2.75) is 39.5 Å². The predicted octanol–water partition coefficient (Wildman–Crippen LogP) is 9.68. The Balaban J connectivity index is 0.00000386. The van der Waals surface area contributed by atoms with Crippen LogP contribution in [0.3, 0.4) is 0 Å². The molecule has 0 saturated carbocycles. The van der Waals surface area contributed by atoms with Crippen molar-refractivity contribution in [3.8, 4) is 40.5 Å². The van der Waals surface area contributed by atoms with Gasteiger partial charge in [-0.2, -0.15) is 11.3 Å². The van der Waals surface area contributed by atoms with Crippen molar-refractivity contribution in [3.63, 3.8) is 0 Å². The van der Waals surface area contributed by atoms with Crippen molar-refractivity contribution in [3.05, 3.63) is 132 Å².